The zero-order chi connectivity index (χ0) is 27.9. The van der Waals surface area contributed by atoms with E-state index in [1.165, 1.54) is 35.1 Å². The van der Waals surface area contributed by atoms with Gasteiger partial charge in [0.25, 0.3) is 5.91 Å². The largest absolute Gasteiger partial charge is 0.573 e. The second kappa shape index (κ2) is 11.7. The number of carbonyl (C=O) groups excluding carboxylic acids is 1. The third kappa shape index (κ3) is 7.91. The van der Waals surface area contributed by atoms with E-state index < -0.39 is 30.0 Å². The van der Waals surface area contributed by atoms with E-state index in [1.807, 2.05) is 18.2 Å². The Morgan fingerprint density at radius 1 is 0.895 bits per heavy atom. The minimum absolute atomic E-state index is 0.00241. The molecule has 13 heteroatoms. The van der Waals surface area contributed by atoms with Crippen LogP contribution in [0.4, 0.5) is 18.9 Å². The summed E-state index contributed by atoms with van der Waals surface area (Å²) in [6.07, 6.45) is -3.39. The number of nitrogens with zero attached hydrogens (tertiary/aromatic N) is 3. The van der Waals surface area contributed by atoms with E-state index in [9.17, 15) is 27.6 Å². The molecule has 0 aliphatic rings. The SMILES string of the molecule is Cc1cc(C(=O)O)cc(C(=O)O)c1.O=C(Nc1cccc(OC(F)(F)F)c1)c1cn(-c2ccccc2)nn1. The molecule has 0 saturated carbocycles. The molecule has 3 aromatic carbocycles. The first kappa shape index (κ1) is 27.4. The third-order valence-corrected chi connectivity index (χ3v) is 4.64. The van der Waals surface area contributed by atoms with Gasteiger partial charge in [-0.3, -0.25) is 4.79 Å². The van der Waals surface area contributed by atoms with Gasteiger partial charge in [-0.25, -0.2) is 14.3 Å². The number of carboxylic acid groups (broad SMARTS) is 2. The van der Waals surface area contributed by atoms with Crippen molar-refractivity contribution in [2.24, 2.45) is 0 Å². The molecule has 10 nitrogen and oxygen atoms in total. The molecule has 4 rings (SSSR count). The van der Waals surface area contributed by atoms with E-state index in [0.29, 0.717) is 5.56 Å². The van der Waals surface area contributed by atoms with Crippen molar-refractivity contribution in [1.82, 2.24) is 15.0 Å². The summed E-state index contributed by atoms with van der Waals surface area (Å²) in [5, 5.41) is 27.3. The van der Waals surface area contributed by atoms with Gasteiger partial charge in [0.1, 0.15) is 5.75 Å². The van der Waals surface area contributed by atoms with Crippen molar-refractivity contribution in [3.8, 4) is 11.4 Å². The fourth-order valence-electron chi connectivity index (χ4n) is 3.07. The molecule has 1 aromatic heterocycles. The number of alkyl halides is 3. The average Bonchev–Trinajstić information content (AvgIpc) is 3.34. The van der Waals surface area contributed by atoms with Gasteiger partial charge in [-0.1, -0.05) is 29.5 Å². The molecule has 4 aromatic rings. The summed E-state index contributed by atoms with van der Waals surface area (Å²) in [7, 11) is 0. The van der Waals surface area contributed by atoms with Crippen LogP contribution in [-0.4, -0.2) is 49.4 Å². The molecule has 1 amide bonds. The Balaban J connectivity index is 0.000000260. The number of rotatable bonds is 6. The number of amides is 1. The fourth-order valence-corrected chi connectivity index (χ4v) is 3.07. The van der Waals surface area contributed by atoms with Crippen molar-refractivity contribution in [3.63, 3.8) is 0 Å². The molecule has 0 bridgehead atoms. The molecule has 0 fully saturated rings. The number of carbonyl (C=O) groups is 3. The van der Waals surface area contributed by atoms with Gasteiger partial charge >= 0.3 is 18.3 Å². The maximum Gasteiger partial charge on any atom is 0.573 e. The number of benzene rings is 3. The fraction of sp³-hybridized carbons (Fsp3) is 0.0800. The number of anilines is 1. The number of ether oxygens (including phenoxy) is 1. The Kier molecular flexibility index (Phi) is 8.43. The Morgan fingerprint density at radius 2 is 1.53 bits per heavy atom. The zero-order valence-electron chi connectivity index (χ0n) is 19.5. The lowest BCUT2D eigenvalue weighted by Gasteiger charge is -2.10. The number of hydrogen-bond donors (Lipinski definition) is 3. The lowest BCUT2D eigenvalue weighted by Crippen LogP contribution is -2.17. The molecule has 0 unspecified atom stereocenters. The summed E-state index contributed by atoms with van der Waals surface area (Å²) in [6.45, 7) is 1.65. The van der Waals surface area contributed by atoms with E-state index in [-0.39, 0.29) is 22.5 Å². The smallest absolute Gasteiger partial charge is 0.478 e. The summed E-state index contributed by atoms with van der Waals surface area (Å²) in [5.74, 6) is -3.28. The van der Waals surface area contributed by atoms with Crippen LogP contribution < -0.4 is 10.1 Å². The van der Waals surface area contributed by atoms with Crippen LogP contribution in [0.5, 0.6) is 5.75 Å². The van der Waals surface area contributed by atoms with E-state index in [2.05, 4.69) is 20.4 Å². The molecule has 0 atom stereocenters. The van der Waals surface area contributed by atoms with E-state index in [1.54, 1.807) is 19.1 Å². The van der Waals surface area contributed by atoms with Crippen molar-refractivity contribution >= 4 is 23.5 Å². The van der Waals surface area contributed by atoms with Crippen LogP contribution in [0, 0.1) is 6.92 Å². The Labute approximate surface area is 212 Å². The number of nitrogens with one attached hydrogen (secondary N) is 1. The molecule has 0 spiro atoms. The molecule has 0 saturated heterocycles. The Morgan fingerprint density at radius 3 is 2.11 bits per heavy atom. The van der Waals surface area contributed by atoms with Gasteiger partial charge in [-0.2, -0.15) is 0 Å². The molecular weight excluding hydrogens is 509 g/mol. The molecule has 0 radical (unpaired) electrons. The number of carboxylic acids is 2. The maximum atomic E-state index is 12.2. The number of halogens is 3. The van der Waals surface area contributed by atoms with Gasteiger partial charge in [-0.05, 0) is 55.0 Å². The van der Waals surface area contributed by atoms with Crippen LogP contribution in [0.25, 0.3) is 5.69 Å². The predicted octanol–water partition coefficient (Wildman–Crippen LogP) is 4.81. The standard InChI is InChI=1S/C16H11F3N4O2.C9H8O4/c17-16(18,19)25-13-8-4-5-11(9-13)20-15(24)14-10-23(22-21-14)12-6-2-1-3-7-12;1-5-2-6(8(10)11)4-7(3-5)9(12)13/h1-10H,(H,20,24);2-4H,1H3,(H,10,11)(H,12,13). The van der Waals surface area contributed by atoms with E-state index >= 15 is 0 Å². The molecular formula is C25H19F3N4O6. The topological polar surface area (TPSA) is 144 Å². The van der Waals surface area contributed by atoms with Crippen molar-refractivity contribution in [2.75, 3.05) is 5.32 Å². The number of aromatic carboxylic acids is 2. The normalized spacial score (nSPS) is 10.6. The van der Waals surface area contributed by atoms with Crippen LogP contribution in [0.1, 0.15) is 36.8 Å². The van der Waals surface area contributed by atoms with Gasteiger partial charge in [-0.15, -0.1) is 18.3 Å². The summed E-state index contributed by atoms with van der Waals surface area (Å²) in [5.41, 5.74) is 1.49. The highest BCUT2D eigenvalue weighted by Gasteiger charge is 2.31. The number of para-hydroxylation sites is 1. The third-order valence-electron chi connectivity index (χ3n) is 4.64. The van der Waals surface area contributed by atoms with Crippen LogP contribution in [0.2, 0.25) is 0 Å². The van der Waals surface area contributed by atoms with Crippen LogP contribution in [0.3, 0.4) is 0 Å². The van der Waals surface area contributed by atoms with Gasteiger partial charge in [0.15, 0.2) is 5.69 Å². The minimum atomic E-state index is -4.80. The molecule has 1 heterocycles. The minimum Gasteiger partial charge on any atom is -0.478 e. The average molecular weight is 528 g/mol. The quantitative estimate of drug-likeness (QED) is 0.324. The maximum absolute atomic E-state index is 12.2. The van der Waals surface area contributed by atoms with Crippen molar-refractivity contribution in [3.05, 3.63) is 101 Å². The van der Waals surface area contributed by atoms with Gasteiger partial charge in [0.2, 0.25) is 0 Å². The number of hydrogen-bond acceptors (Lipinski definition) is 6. The number of aryl methyl sites for hydroxylation is 1. The highest BCUT2D eigenvalue weighted by atomic mass is 19.4. The molecule has 38 heavy (non-hydrogen) atoms. The van der Waals surface area contributed by atoms with Crippen LogP contribution in [0.15, 0.2) is 79.0 Å². The number of aromatic nitrogens is 3. The van der Waals surface area contributed by atoms with Crippen molar-refractivity contribution < 1.29 is 42.5 Å². The second-order valence-corrected chi connectivity index (χ2v) is 7.61. The first-order chi connectivity index (χ1) is 17.9. The zero-order valence-corrected chi connectivity index (χ0v) is 19.5. The lowest BCUT2D eigenvalue weighted by molar-refractivity contribution is -0.274. The molecule has 0 aliphatic heterocycles. The highest BCUT2D eigenvalue weighted by molar-refractivity contribution is 6.02. The van der Waals surface area contributed by atoms with Gasteiger partial charge < -0.3 is 20.3 Å². The highest BCUT2D eigenvalue weighted by Crippen LogP contribution is 2.25. The Hall–Kier alpha value is -5.20. The Bertz CT molecular complexity index is 1420. The summed E-state index contributed by atoms with van der Waals surface area (Å²) in [6, 6.07) is 18.0. The molecule has 3 N–H and O–H groups in total. The monoisotopic (exact) mass is 528 g/mol. The van der Waals surface area contributed by atoms with Crippen molar-refractivity contribution in [2.45, 2.75) is 13.3 Å². The molecule has 0 aliphatic carbocycles. The second-order valence-electron chi connectivity index (χ2n) is 7.61. The first-order valence-electron chi connectivity index (χ1n) is 10.6. The first-order valence-corrected chi connectivity index (χ1v) is 10.6. The lowest BCUT2D eigenvalue weighted by atomic mass is 10.1. The van der Waals surface area contributed by atoms with E-state index in [0.717, 1.165) is 23.9 Å². The van der Waals surface area contributed by atoms with Crippen LogP contribution in [-0.2, 0) is 0 Å². The van der Waals surface area contributed by atoms with Crippen LogP contribution >= 0.6 is 0 Å². The summed E-state index contributed by atoms with van der Waals surface area (Å²) >= 11 is 0. The van der Waals surface area contributed by atoms with Gasteiger partial charge in [0.05, 0.1) is 23.0 Å². The molecule has 196 valence electrons. The summed E-state index contributed by atoms with van der Waals surface area (Å²) < 4.78 is 41.9. The van der Waals surface area contributed by atoms with Gasteiger partial charge in [0, 0.05) is 11.8 Å². The van der Waals surface area contributed by atoms with E-state index in [4.69, 9.17) is 10.2 Å². The predicted molar refractivity (Wildman–Crippen MR) is 128 cm³/mol. The summed E-state index contributed by atoms with van der Waals surface area (Å²) in [4.78, 5) is 33.2. The van der Waals surface area contributed by atoms with Crippen molar-refractivity contribution in [1.29, 1.82) is 0 Å².